The van der Waals surface area contributed by atoms with Crippen molar-refractivity contribution in [2.24, 2.45) is 5.92 Å². The Balaban J connectivity index is 2.25. The number of hydrogen-bond donors (Lipinski definition) is 2. The molecular weight excluding hydrogens is 196 g/mol. The van der Waals surface area contributed by atoms with E-state index in [1.54, 1.807) is 0 Å². The Morgan fingerprint density at radius 2 is 2.47 bits per heavy atom. The maximum atomic E-state index is 11.6. The lowest BCUT2D eigenvalue weighted by Gasteiger charge is -2.15. The van der Waals surface area contributed by atoms with E-state index in [1.807, 2.05) is 13.8 Å². The molecule has 15 heavy (non-hydrogen) atoms. The lowest BCUT2D eigenvalue weighted by molar-refractivity contribution is -0.127. The molecule has 0 saturated carbocycles. The van der Waals surface area contributed by atoms with E-state index in [2.05, 4.69) is 10.6 Å². The molecule has 1 fully saturated rings. The quantitative estimate of drug-likeness (QED) is 0.658. The van der Waals surface area contributed by atoms with Gasteiger partial charge in [-0.2, -0.15) is 0 Å². The van der Waals surface area contributed by atoms with Gasteiger partial charge in [-0.05, 0) is 13.8 Å². The van der Waals surface area contributed by atoms with Crippen LogP contribution in [0.2, 0.25) is 0 Å². The molecule has 0 bridgehead atoms. The third-order valence-electron chi connectivity index (χ3n) is 2.31. The molecule has 0 spiro atoms. The minimum atomic E-state index is -0.221. The third-order valence-corrected chi connectivity index (χ3v) is 2.31. The lowest BCUT2D eigenvalue weighted by atomic mass is 10.1. The molecule has 0 aromatic carbocycles. The van der Waals surface area contributed by atoms with Crippen LogP contribution in [0.25, 0.3) is 0 Å². The van der Waals surface area contributed by atoms with Crippen LogP contribution in [0.3, 0.4) is 0 Å². The Labute approximate surface area is 89.6 Å². The fourth-order valence-electron chi connectivity index (χ4n) is 1.49. The van der Waals surface area contributed by atoms with Crippen LogP contribution in [0.5, 0.6) is 0 Å². The monoisotopic (exact) mass is 214 g/mol. The summed E-state index contributed by atoms with van der Waals surface area (Å²) >= 11 is 0. The summed E-state index contributed by atoms with van der Waals surface area (Å²) in [5.41, 5.74) is 0. The second-order valence-corrected chi connectivity index (χ2v) is 3.77. The van der Waals surface area contributed by atoms with E-state index in [0.717, 1.165) is 0 Å². The number of amides is 2. The van der Waals surface area contributed by atoms with Gasteiger partial charge in [0, 0.05) is 25.6 Å². The highest BCUT2D eigenvalue weighted by atomic mass is 16.5. The van der Waals surface area contributed by atoms with Crippen molar-refractivity contribution in [3.63, 3.8) is 0 Å². The summed E-state index contributed by atoms with van der Waals surface area (Å²) in [5, 5.41) is 5.46. The Hall–Kier alpha value is -1.10. The van der Waals surface area contributed by atoms with Crippen LogP contribution in [0, 0.1) is 5.92 Å². The number of hydrogen-bond acceptors (Lipinski definition) is 3. The highest BCUT2D eigenvalue weighted by Crippen LogP contribution is 2.08. The molecule has 86 valence electrons. The van der Waals surface area contributed by atoms with E-state index >= 15 is 0 Å². The minimum absolute atomic E-state index is 0.00634. The molecule has 2 amide bonds. The fraction of sp³-hybridized carbons (Fsp3) is 0.800. The van der Waals surface area contributed by atoms with E-state index < -0.39 is 0 Å². The number of rotatable bonds is 5. The first kappa shape index (κ1) is 12.0. The summed E-state index contributed by atoms with van der Waals surface area (Å²) in [6.07, 6.45) is 0.299. The van der Waals surface area contributed by atoms with E-state index in [4.69, 9.17) is 4.74 Å². The predicted octanol–water partition coefficient (Wildman–Crippen LogP) is -0.336. The normalized spacial score (nSPS) is 22.3. The van der Waals surface area contributed by atoms with Crippen LogP contribution >= 0.6 is 0 Å². The highest BCUT2D eigenvalue weighted by molar-refractivity contribution is 5.89. The van der Waals surface area contributed by atoms with Crippen molar-refractivity contribution in [3.8, 4) is 0 Å². The average Bonchev–Trinajstić information content (AvgIpc) is 2.61. The fourth-order valence-corrected chi connectivity index (χ4v) is 1.49. The first-order chi connectivity index (χ1) is 7.13. The van der Waals surface area contributed by atoms with Crippen LogP contribution in [0.15, 0.2) is 0 Å². The standard InChI is InChI=1S/C10H18N2O3/c1-3-15-6-7(2)12-10(14)8-4-9(13)11-5-8/h7-8H,3-6H2,1-2H3,(H,11,13)(H,12,14). The largest absolute Gasteiger partial charge is 0.380 e. The van der Waals surface area contributed by atoms with Gasteiger partial charge in [0.2, 0.25) is 11.8 Å². The summed E-state index contributed by atoms with van der Waals surface area (Å²) in [7, 11) is 0. The molecule has 5 heteroatoms. The van der Waals surface area contributed by atoms with E-state index in [1.165, 1.54) is 0 Å². The topological polar surface area (TPSA) is 67.4 Å². The third kappa shape index (κ3) is 3.87. The highest BCUT2D eigenvalue weighted by Gasteiger charge is 2.28. The van der Waals surface area contributed by atoms with Gasteiger partial charge in [-0.15, -0.1) is 0 Å². The second-order valence-electron chi connectivity index (χ2n) is 3.77. The van der Waals surface area contributed by atoms with Crippen LogP contribution in [-0.4, -0.2) is 37.6 Å². The Morgan fingerprint density at radius 1 is 1.73 bits per heavy atom. The van der Waals surface area contributed by atoms with E-state index in [9.17, 15) is 9.59 Å². The molecule has 2 unspecified atom stereocenters. The minimum Gasteiger partial charge on any atom is -0.380 e. The smallest absolute Gasteiger partial charge is 0.225 e. The molecule has 1 aliphatic heterocycles. The molecule has 1 rings (SSSR count). The van der Waals surface area contributed by atoms with Crippen LogP contribution in [-0.2, 0) is 14.3 Å². The van der Waals surface area contributed by atoms with E-state index in [-0.39, 0.29) is 23.8 Å². The zero-order chi connectivity index (χ0) is 11.3. The maximum absolute atomic E-state index is 11.6. The summed E-state index contributed by atoms with van der Waals surface area (Å²) in [5.74, 6) is -0.338. The zero-order valence-corrected chi connectivity index (χ0v) is 9.21. The van der Waals surface area contributed by atoms with Crippen molar-refractivity contribution >= 4 is 11.8 Å². The summed E-state index contributed by atoms with van der Waals surface area (Å²) in [4.78, 5) is 22.5. The van der Waals surface area contributed by atoms with Gasteiger partial charge < -0.3 is 15.4 Å². The Morgan fingerprint density at radius 3 is 3.00 bits per heavy atom. The summed E-state index contributed by atoms with van der Waals surface area (Å²) in [6, 6.07) is -0.00634. The average molecular weight is 214 g/mol. The SMILES string of the molecule is CCOCC(C)NC(=O)C1CNC(=O)C1. The molecule has 1 aliphatic rings. The van der Waals surface area contributed by atoms with Crippen molar-refractivity contribution in [3.05, 3.63) is 0 Å². The number of ether oxygens (including phenoxy) is 1. The molecule has 0 aromatic heterocycles. The number of carbonyl (C=O) groups is 2. The van der Waals surface area contributed by atoms with Gasteiger partial charge in [-0.1, -0.05) is 0 Å². The van der Waals surface area contributed by atoms with Crippen molar-refractivity contribution in [1.82, 2.24) is 10.6 Å². The molecule has 1 saturated heterocycles. The Bertz CT molecular complexity index is 243. The van der Waals surface area contributed by atoms with Gasteiger partial charge in [-0.25, -0.2) is 0 Å². The van der Waals surface area contributed by atoms with Crippen molar-refractivity contribution < 1.29 is 14.3 Å². The molecule has 2 atom stereocenters. The molecular formula is C10H18N2O3. The van der Waals surface area contributed by atoms with Gasteiger partial charge in [0.1, 0.15) is 0 Å². The van der Waals surface area contributed by atoms with Gasteiger partial charge in [0.25, 0.3) is 0 Å². The van der Waals surface area contributed by atoms with Gasteiger partial charge in [-0.3, -0.25) is 9.59 Å². The van der Waals surface area contributed by atoms with E-state index in [0.29, 0.717) is 26.2 Å². The molecule has 5 nitrogen and oxygen atoms in total. The molecule has 0 radical (unpaired) electrons. The Kier molecular flexibility index (Phi) is 4.55. The molecule has 2 N–H and O–H groups in total. The molecule has 1 heterocycles. The van der Waals surface area contributed by atoms with Gasteiger partial charge >= 0.3 is 0 Å². The van der Waals surface area contributed by atoms with Crippen molar-refractivity contribution in [2.75, 3.05) is 19.8 Å². The first-order valence-electron chi connectivity index (χ1n) is 5.28. The lowest BCUT2D eigenvalue weighted by Crippen LogP contribution is -2.40. The van der Waals surface area contributed by atoms with Gasteiger partial charge in [0.15, 0.2) is 0 Å². The summed E-state index contributed by atoms with van der Waals surface area (Å²) in [6.45, 7) is 5.40. The van der Waals surface area contributed by atoms with Gasteiger partial charge in [0.05, 0.1) is 12.5 Å². The maximum Gasteiger partial charge on any atom is 0.225 e. The number of carbonyl (C=O) groups excluding carboxylic acids is 2. The van der Waals surface area contributed by atoms with Crippen LogP contribution < -0.4 is 10.6 Å². The number of nitrogens with one attached hydrogen (secondary N) is 2. The van der Waals surface area contributed by atoms with Crippen molar-refractivity contribution in [1.29, 1.82) is 0 Å². The summed E-state index contributed by atoms with van der Waals surface area (Å²) < 4.78 is 5.18. The first-order valence-corrected chi connectivity index (χ1v) is 5.28. The second kappa shape index (κ2) is 5.70. The predicted molar refractivity (Wildman–Crippen MR) is 55.2 cm³/mol. The molecule has 0 aliphatic carbocycles. The van der Waals surface area contributed by atoms with Crippen molar-refractivity contribution in [2.45, 2.75) is 26.3 Å². The molecule has 0 aromatic rings. The zero-order valence-electron chi connectivity index (χ0n) is 9.21. The van der Waals surface area contributed by atoms with Crippen LogP contribution in [0.1, 0.15) is 20.3 Å². The van der Waals surface area contributed by atoms with Crippen LogP contribution in [0.4, 0.5) is 0 Å².